The normalized spacial score (nSPS) is 13.2. The second kappa shape index (κ2) is 51.2. The molecule has 6 nitrogen and oxygen atoms in total. The molecule has 6 heteroatoms. The average Bonchev–Trinajstić information content (AvgIpc) is 3.29. The van der Waals surface area contributed by atoms with Crippen molar-refractivity contribution in [1.82, 2.24) is 0 Å². The van der Waals surface area contributed by atoms with E-state index in [1.54, 1.807) is 0 Å². The Labute approximate surface area is 392 Å². The summed E-state index contributed by atoms with van der Waals surface area (Å²) in [6.45, 7) is 6.24. The standard InChI is InChI=1S/C58H90O6/c1-4-7-10-13-16-19-22-25-26-27-28-29-30-31-32-34-36-39-42-45-48-51-57(60)63-54-55(53-62-56(59)50-47-44-41-38-35-24-21-18-15-12-9-6-3)64-58(61)52-49-46-43-40-37-33-23-20-17-14-11-8-5-2/h7-8,10-11,16-21,25-26,28-29,31-33,36-37,39,43,46,55H,4-6,9,12-15,22-24,27,30,34-35,38,40-42,44-45,47-54H2,1-3H3/b10-7-,11-8-,19-16-,20-17-,21-18-,26-25-,29-28-,32-31-,37-33-,39-36-,46-43-. The minimum atomic E-state index is -0.841. The summed E-state index contributed by atoms with van der Waals surface area (Å²) in [5, 5.41) is 0. The fourth-order valence-electron chi connectivity index (χ4n) is 6.16. The van der Waals surface area contributed by atoms with E-state index in [4.69, 9.17) is 14.2 Å². The maximum atomic E-state index is 12.7. The van der Waals surface area contributed by atoms with Crippen LogP contribution in [0, 0.1) is 0 Å². The third kappa shape index (κ3) is 48.6. The van der Waals surface area contributed by atoms with E-state index < -0.39 is 12.1 Å². The van der Waals surface area contributed by atoms with Gasteiger partial charge in [0.05, 0.1) is 0 Å². The number of carbonyl (C=O) groups excluding carboxylic acids is 3. The maximum Gasteiger partial charge on any atom is 0.306 e. The predicted octanol–water partition coefficient (Wildman–Crippen LogP) is 16.7. The van der Waals surface area contributed by atoms with Crippen LogP contribution in [-0.2, 0) is 28.6 Å². The summed E-state index contributed by atoms with van der Waals surface area (Å²) in [4.78, 5) is 37.9. The zero-order valence-electron chi connectivity index (χ0n) is 40.7. The summed E-state index contributed by atoms with van der Waals surface area (Å²) in [6.07, 6.45) is 71.7. The number of carbonyl (C=O) groups is 3. The Bertz CT molecular complexity index is 1430. The molecular weight excluding hydrogens is 793 g/mol. The van der Waals surface area contributed by atoms with E-state index >= 15 is 0 Å². The first-order chi connectivity index (χ1) is 31.5. The SMILES string of the molecule is CC/C=C\C/C=C\C/C=C\C/C=C\C/C=C\C/C=C\CCCCC(=O)OCC(COC(=O)CCCCCCC/C=C\CCCCC)OC(=O)CC/C=C\C/C=C\C/C=C\C/C=C\CC. The first-order valence-corrected chi connectivity index (χ1v) is 25.2. The number of allylic oxidation sites excluding steroid dienone is 22. The van der Waals surface area contributed by atoms with Gasteiger partial charge in [0.15, 0.2) is 6.10 Å². The highest BCUT2D eigenvalue weighted by atomic mass is 16.6. The lowest BCUT2D eigenvalue weighted by Crippen LogP contribution is -2.30. The fourth-order valence-corrected chi connectivity index (χ4v) is 6.16. The molecule has 0 aromatic rings. The second-order valence-corrected chi connectivity index (χ2v) is 16.0. The van der Waals surface area contributed by atoms with Gasteiger partial charge in [-0.2, -0.15) is 0 Å². The van der Waals surface area contributed by atoms with E-state index in [1.807, 2.05) is 12.2 Å². The van der Waals surface area contributed by atoms with Crippen molar-refractivity contribution in [3.8, 4) is 0 Å². The van der Waals surface area contributed by atoms with Gasteiger partial charge in [0.2, 0.25) is 0 Å². The lowest BCUT2D eigenvalue weighted by Gasteiger charge is -2.18. The van der Waals surface area contributed by atoms with Crippen LogP contribution < -0.4 is 0 Å². The third-order valence-electron chi connectivity index (χ3n) is 9.88. The van der Waals surface area contributed by atoms with Crippen molar-refractivity contribution in [3.63, 3.8) is 0 Å². The van der Waals surface area contributed by atoms with Crippen molar-refractivity contribution in [2.45, 2.75) is 200 Å². The molecule has 0 aromatic carbocycles. The number of rotatable bonds is 43. The molecule has 0 aliphatic rings. The van der Waals surface area contributed by atoms with Crippen LogP contribution in [-0.4, -0.2) is 37.2 Å². The minimum absolute atomic E-state index is 0.130. The minimum Gasteiger partial charge on any atom is -0.462 e. The Morgan fingerprint density at radius 2 is 0.641 bits per heavy atom. The van der Waals surface area contributed by atoms with Crippen molar-refractivity contribution >= 4 is 17.9 Å². The average molecular weight is 883 g/mol. The molecule has 1 unspecified atom stereocenters. The largest absolute Gasteiger partial charge is 0.462 e. The first kappa shape index (κ1) is 59.5. The molecule has 0 heterocycles. The molecule has 0 saturated heterocycles. The maximum absolute atomic E-state index is 12.7. The fraction of sp³-hybridized carbons (Fsp3) is 0.569. The second-order valence-electron chi connectivity index (χ2n) is 16.0. The zero-order valence-corrected chi connectivity index (χ0v) is 40.7. The van der Waals surface area contributed by atoms with Gasteiger partial charge in [-0.15, -0.1) is 0 Å². The van der Waals surface area contributed by atoms with E-state index in [0.29, 0.717) is 19.3 Å². The van der Waals surface area contributed by atoms with Crippen LogP contribution in [0.5, 0.6) is 0 Å². The van der Waals surface area contributed by atoms with E-state index in [9.17, 15) is 14.4 Å². The van der Waals surface area contributed by atoms with Crippen LogP contribution >= 0.6 is 0 Å². The molecule has 0 spiro atoms. The number of esters is 3. The Balaban J connectivity index is 4.55. The molecule has 0 fully saturated rings. The molecule has 358 valence electrons. The lowest BCUT2D eigenvalue weighted by atomic mass is 10.1. The number of hydrogen-bond donors (Lipinski definition) is 0. The van der Waals surface area contributed by atoms with Crippen LogP contribution in [0.4, 0.5) is 0 Å². The molecular formula is C58H90O6. The Hall–Kier alpha value is -4.45. The number of ether oxygens (including phenoxy) is 3. The number of hydrogen-bond acceptors (Lipinski definition) is 6. The van der Waals surface area contributed by atoms with Gasteiger partial charge in [-0.1, -0.05) is 187 Å². The molecule has 0 rings (SSSR count). The third-order valence-corrected chi connectivity index (χ3v) is 9.88. The molecule has 0 aliphatic carbocycles. The molecule has 0 bridgehead atoms. The predicted molar refractivity (Wildman–Crippen MR) is 274 cm³/mol. The summed E-state index contributed by atoms with van der Waals surface area (Å²) in [5.74, 6) is -1.08. The molecule has 0 radical (unpaired) electrons. The first-order valence-electron chi connectivity index (χ1n) is 25.2. The van der Waals surface area contributed by atoms with Crippen molar-refractivity contribution < 1.29 is 28.6 Å². The van der Waals surface area contributed by atoms with Gasteiger partial charge >= 0.3 is 17.9 Å². The van der Waals surface area contributed by atoms with Crippen molar-refractivity contribution in [2.24, 2.45) is 0 Å². The van der Waals surface area contributed by atoms with Gasteiger partial charge in [0, 0.05) is 19.3 Å². The Morgan fingerprint density at radius 1 is 0.328 bits per heavy atom. The van der Waals surface area contributed by atoms with Gasteiger partial charge in [-0.25, -0.2) is 0 Å². The van der Waals surface area contributed by atoms with Crippen molar-refractivity contribution in [1.29, 1.82) is 0 Å². The molecule has 0 aliphatic heterocycles. The van der Waals surface area contributed by atoms with Crippen molar-refractivity contribution in [3.05, 3.63) is 134 Å². The highest BCUT2D eigenvalue weighted by molar-refractivity contribution is 5.71. The van der Waals surface area contributed by atoms with Gasteiger partial charge in [-0.05, 0) is 122 Å². The van der Waals surface area contributed by atoms with Crippen LogP contribution in [0.3, 0.4) is 0 Å². The van der Waals surface area contributed by atoms with Crippen LogP contribution in [0.2, 0.25) is 0 Å². The number of unbranched alkanes of at least 4 members (excludes halogenated alkanes) is 10. The zero-order chi connectivity index (χ0) is 46.5. The summed E-state index contributed by atoms with van der Waals surface area (Å²) in [6, 6.07) is 0. The highest BCUT2D eigenvalue weighted by Crippen LogP contribution is 2.11. The quantitative estimate of drug-likeness (QED) is 0.0263. The highest BCUT2D eigenvalue weighted by Gasteiger charge is 2.19. The van der Waals surface area contributed by atoms with Crippen LogP contribution in [0.25, 0.3) is 0 Å². The summed E-state index contributed by atoms with van der Waals surface area (Å²) >= 11 is 0. The molecule has 64 heavy (non-hydrogen) atoms. The Kier molecular flexibility index (Phi) is 47.6. The summed E-state index contributed by atoms with van der Waals surface area (Å²) < 4.78 is 16.6. The van der Waals surface area contributed by atoms with Gasteiger partial charge in [0.25, 0.3) is 0 Å². The molecule has 0 saturated carbocycles. The van der Waals surface area contributed by atoms with E-state index in [1.165, 1.54) is 32.1 Å². The molecule has 0 N–H and O–H groups in total. The monoisotopic (exact) mass is 883 g/mol. The van der Waals surface area contributed by atoms with Crippen LogP contribution in [0.1, 0.15) is 194 Å². The van der Waals surface area contributed by atoms with E-state index in [-0.39, 0.29) is 38.0 Å². The van der Waals surface area contributed by atoms with Gasteiger partial charge < -0.3 is 14.2 Å². The molecule has 0 aromatic heterocycles. The smallest absolute Gasteiger partial charge is 0.306 e. The summed E-state index contributed by atoms with van der Waals surface area (Å²) in [7, 11) is 0. The summed E-state index contributed by atoms with van der Waals surface area (Å²) in [5.41, 5.74) is 0. The van der Waals surface area contributed by atoms with Gasteiger partial charge in [0.1, 0.15) is 13.2 Å². The lowest BCUT2D eigenvalue weighted by molar-refractivity contribution is -0.166. The van der Waals surface area contributed by atoms with Crippen molar-refractivity contribution in [2.75, 3.05) is 13.2 Å². The van der Waals surface area contributed by atoms with Crippen LogP contribution in [0.15, 0.2) is 134 Å². The van der Waals surface area contributed by atoms with Gasteiger partial charge in [-0.3, -0.25) is 14.4 Å². The Morgan fingerprint density at radius 3 is 1.06 bits per heavy atom. The van der Waals surface area contributed by atoms with E-state index in [0.717, 1.165) is 109 Å². The molecule has 1 atom stereocenters. The van der Waals surface area contributed by atoms with E-state index in [2.05, 4.69) is 142 Å². The topological polar surface area (TPSA) is 78.9 Å². The molecule has 0 amide bonds.